The monoisotopic (exact) mass is 357 g/mol. The molecular weight excluding hydrogens is 330 g/mol. The van der Waals surface area contributed by atoms with Crippen molar-refractivity contribution in [3.8, 4) is 5.75 Å². The topological polar surface area (TPSA) is 38.3 Å². The summed E-state index contributed by atoms with van der Waals surface area (Å²) >= 11 is 1.82. The molecule has 0 spiro atoms. The molecule has 2 aromatic carbocycles. The highest BCUT2D eigenvalue weighted by Crippen LogP contribution is 2.20. The third-order valence-corrected chi connectivity index (χ3v) is 4.97. The largest absolute Gasteiger partial charge is 0.481 e. The van der Waals surface area contributed by atoms with Crippen molar-refractivity contribution in [1.29, 1.82) is 0 Å². The molecule has 0 aromatic heterocycles. The zero-order valence-corrected chi connectivity index (χ0v) is 16.3. The summed E-state index contributed by atoms with van der Waals surface area (Å²) in [5.41, 5.74) is 4.83. The van der Waals surface area contributed by atoms with Crippen LogP contribution >= 0.6 is 11.8 Å². The molecule has 0 radical (unpaired) electrons. The summed E-state index contributed by atoms with van der Waals surface area (Å²) in [6, 6.07) is 14.5. The molecule has 0 bridgehead atoms. The normalized spacial score (nSPS) is 11.8. The maximum atomic E-state index is 12.2. The molecule has 0 aliphatic carbocycles. The number of aryl methyl sites for hydroxylation is 3. The average molecular weight is 358 g/mol. The number of benzene rings is 2. The zero-order valence-electron chi connectivity index (χ0n) is 15.5. The molecule has 0 fully saturated rings. The number of carbonyl (C=O) groups excluding carboxylic acids is 1. The van der Waals surface area contributed by atoms with Gasteiger partial charge in [0.1, 0.15) is 5.75 Å². The van der Waals surface area contributed by atoms with E-state index in [2.05, 4.69) is 42.6 Å². The van der Waals surface area contributed by atoms with Crippen molar-refractivity contribution < 1.29 is 9.53 Å². The number of hydrogen-bond acceptors (Lipinski definition) is 3. The molecule has 1 amide bonds. The first kappa shape index (κ1) is 19.4. The first-order chi connectivity index (χ1) is 12.0. The predicted molar refractivity (Wildman–Crippen MR) is 106 cm³/mol. The summed E-state index contributed by atoms with van der Waals surface area (Å²) in [7, 11) is 0. The minimum absolute atomic E-state index is 0.0732. The maximum absolute atomic E-state index is 12.2. The molecule has 0 heterocycles. The molecule has 1 atom stereocenters. The smallest absolute Gasteiger partial charge is 0.260 e. The number of carbonyl (C=O) groups is 1. The van der Waals surface area contributed by atoms with Crippen molar-refractivity contribution in [2.24, 2.45) is 0 Å². The summed E-state index contributed by atoms with van der Waals surface area (Å²) in [6.07, 6.45) is -0.497. The Morgan fingerprint density at radius 2 is 1.76 bits per heavy atom. The number of thioether (sulfide) groups is 1. The Morgan fingerprint density at radius 1 is 1.08 bits per heavy atom. The molecule has 4 heteroatoms. The van der Waals surface area contributed by atoms with Gasteiger partial charge in [0.25, 0.3) is 5.91 Å². The van der Waals surface area contributed by atoms with Gasteiger partial charge in [-0.25, -0.2) is 0 Å². The highest BCUT2D eigenvalue weighted by atomic mass is 32.2. The summed E-state index contributed by atoms with van der Waals surface area (Å²) in [5, 5.41) is 2.94. The number of rotatable bonds is 8. The third-order valence-electron chi connectivity index (χ3n) is 3.94. The fourth-order valence-corrected chi connectivity index (χ4v) is 3.26. The van der Waals surface area contributed by atoms with Crippen LogP contribution in [0.2, 0.25) is 0 Å². The molecule has 3 nitrogen and oxygen atoms in total. The Hall–Kier alpha value is -1.94. The standard InChI is InChI=1S/C21H27NO2S/c1-15-5-8-19(9-6-15)14-25-12-11-22-21(23)18(4)24-20-10-7-16(2)13-17(20)3/h5-10,13,18H,11-12,14H2,1-4H3,(H,22,23)/t18-/m0/s1. The lowest BCUT2D eigenvalue weighted by Gasteiger charge is -2.16. The van der Waals surface area contributed by atoms with Crippen molar-refractivity contribution in [3.05, 3.63) is 64.7 Å². The molecule has 134 valence electrons. The third kappa shape index (κ3) is 6.46. The van der Waals surface area contributed by atoms with Crippen LogP contribution in [0.3, 0.4) is 0 Å². The molecule has 0 aliphatic rings. The van der Waals surface area contributed by atoms with Crippen LogP contribution in [0.5, 0.6) is 5.75 Å². The van der Waals surface area contributed by atoms with Gasteiger partial charge in [-0.05, 0) is 44.9 Å². The van der Waals surface area contributed by atoms with Gasteiger partial charge in [0, 0.05) is 18.1 Å². The number of ether oxygens (including phenoxy) is 1. The zero-order chi connectivity index (χ0) is 18.2. The van der Waals surface area contributed by atoms with Gasteiger partial charge in [0.2, 0.25) is 0 Å². The van der Waals surface area contributed by atoms with Gasteiger partial charge in [-0.15, -0.1) is 0 Å². The van der Waals surface area contributed by atoms with E-state index in [0.717, 1.165) is 22.8 Å². The first-order valence-corrected chi connectivity index (χ1v) is 9.76. The molecule has 2 aromatic rings. The summed E-state index contributed by atoms with van der Waals surface area (Å²) in [6.45, 7) is 8.56. The minimum Gasteiger partial charge on any atom is -0.481 e. The summed E-state index contributed by atoms with van der Waals surface area (Å²) in [4.78, 5) is 12.2. The molecule has 1 N–H and O–H groups in total. The Morgan fingerprint density at radius 3 is 2.44 bits per heavy atom. The fourth-order valence-electron chi connectivity index (χ4n) is 2.44. The van der Waals surface area contributed by atoms with Crippen LogP contribution in [-0.2, 0) is 10.5 Å². The lowest BCUT2D eigenvalue weighted by atomic mass is 10.1. The van der Waals surface area contributed by atoms with Crippen molar-refractivity contribution in [3.63, 3.8) is 0 Å². The molecule has 25 heavy (non-hydrogen) atoms. The average Bonchev–Trinajstić information content (AvgIpc) is 2.58. The van der Waals surface area contributed by atoms with Crippen molar-refractivity contribution in [2.45, 2.75) is 39.6 Å². The molecule has 0 saturated carbocycles. The van der Waals surface area contributed by atoms with E-state index in [1.54, 1.807) is 6.92 Å². The van der Waals surface area contributed by atoms with Gasteiger partial charge >= 0.3 is 0 Å². The SMILES string of the molecule is Cc1ccc(CSCCNC(=O)[C@H](C)Oc2ccc(C)cc2C)cc1. The Kier molecular flexibility index (Phi) is 7.38. The Bertz CT molecular complexity index is 698. The summed E-state index contributed by atoms with van der Waals surface area (Å²) < 4.78 is 5.78. The van der Waals surface area contributed by atoms with E-state index in [1.165, 1.54) is 16.7 Å². The van der Waals surface area contributed by atoms with Crippen molar-refractivity contribution in [1.82, 2.24) is 5.32 Å². The van der Waals surface area contributed by atoms with Crippen LogP contribution in [0.15, 0.2) is 42.5 Å². The molecule has 0 saturated heterocycles. The summed E-state index contributed by atoms with van der Waals surface area (Å²) in [5.74, 6) is 2.54. The lowest BCUT2D eigenvalue weighted by molar-refractivity contribution is -0.127. The van der Waals surface area contributed by atoms with Gasteiger partial charge in [-0.3, -0.25) is 4.79 Å². The van der Waals surface area contributed by atoms with Crippen LogP contribution in [0.25, 0.3) is 0 Å². The highest BCUT2D eigenvalue weighted by molar-refractivity contribution is 7.98. The van der Waals surface area contributed by atoms with E-state index in [4.69, 9.17) is 4.74 Å². The van der Waals surface area contributed by atoms with Crippen molar-refractivity contribution >= 4 is 17.7 Å². The van der Waals surface area contributed by atoms with Crippen LogP contribution in [0.4, 0.5) is 0 Å². The van der Waals surface area contributed by atoms with E-state index in [0.29, 0.717) is 6.54 Å². The van der Waals surface area contributed by atoms with Gasteiger partial charge in [0.15, 0.2) is 6.10 Å². The van der Waals surface area contributed by atoms with E-state index in [9.17, 15) is 4.79 Å². The van der Waals surface area contributed by atoms with Gasteiger partial charge in [-0.1, -0.05) is 47.5 Å². The molecule has 0 unspecified atom stereocenters. The maximum Gasteiger partial charge on any atom is 0.260 e. The van der Waals surface area contributed by atoms with E-state index in [1.807, 2.05) is 37.7 Å². The number of amides is 1. The van der Waals surface area contributed by atoms with Crippen molar-refractivity contribution in [2.75, 3.05) is 12.3 Å². The lowest BCUT2D eigenvalue weighted by Crippen LogP contribution is -2.37. The minimum atomic E-state index is -0.497. The quantitative estimate of drug-likeness (QED) is 0.710. The van der Waals surface area contributed by atoms with Crippen LogP contribution in [-0.4, -0.2) is 24.3 Å². The second-order valence-electron chi connectivity index (χ2n) is 6.36. The number of nitrogens with one attached hydrogen (secondary N) is 1. The van der Waals surface area contributed by atoms with E-state index in [-0.39, 0.29) is 5.91 Å². The van der Waals surface area contributed by atoms with Crippen LogP contribution in [0.1, 0.15) is 29.2 Å². The van der Waals surface area contributed by atoms with Gasteiger partial charge < -0.3 is 10.1 Å². The van der Waals surface area contributed by atoms with E-state index >= 15 is 0 Å². The van der Waals surface area contributed by atoms with Gasteiger partial charge in [0.05, 0.1) is 0 Å². The second kappa shape index (κ2) is 9.52. The van der Waals surface area contributed by atoms with Crippen LogP contribution in [0, 0.1) is 20.8 Å². The van der Waals surface area contributed by atoms with Gasteiger partial charge in [-0.2, -0.15) is 11.8 Å². The first-order valence-electron chi connectivity index (χ1n) is 8.60. The highest BCUT2D eigenvalue weighted by Gasteiger charge is 2.15. The molecular formula is C21H27NO2S. The van der Waals surface area contributed by atoms with Crippen LogP contribution < -0.4 is 10.1 Å². The predicted octanol–water partition coefficient (Wildman–Crippen LogP) is 4.43. The van der Waals surface area contributed by atoms with E-state index < -0.39 is 6.10 Å². The second-order valence-corrected chi connectivity index (χ2v) is 7.46. The molecule has 0 aliphatic heterocycles. The number of hydrogen-bond donors (Lipinski definition) is 1. The Balaban J connectivity index is 1.68. The fraction of sp³-hybridized carbons (Fsp3) is 0.381. The Labute approximate surface area is 155 Å². The molecule has 2 rings (SSSR count).